The number of carbonyl (C=O) groups is 2. The van der Waals surface area contributed by atoms with Crippen LogP contribution in [0, 0.1) is 0 Å². The number of fused-ring (bicyclic) bond motifs is 1. The summed E-state index contributed by atoms with van der Waals surface area (Å²) in [4.78, 5) is 45.3. The summed E-state index contributed by atoms with van der Waals surface area (Å²) in [7, 11) is 1.60. The maximum Gasteiger partial charge on any atom is 0.410 e. The van der Waals surface area contributed by atoms with Crippen LogP contribution in [0.4, 0.5) is 4.79 Å². The van der Waals surface area contributed by atoms with Crippen LogP contribution in [0.5, 0.6) is 0 Å². The minimum atomic E-state index is -0.482. The highest BCUT2D eigenvalue weighted by atomic mass is 16.6. The van der Waals surface area contributed by atoms with E-state index in [0.29, 0.717) is 29.9 Å². The number of aromatic amines is 1. The van der Waals surface area contributed by atoms with E-state index in [0.717, 1.165) is 0 Å². The first-order valence-corrected chi connectivity index (χ1v) is 7.18. The lowest BCUT2D eigenvalue weighted by Crippen LogP contribution is -2.39. The first-order valence-electron chi connectivity index (χ1n) is 7.18. The van der Waals surface area contributed by atoms with Crippen LogP contribution in [0.25, 0.3) is 10.9 Å². The van der Waals surface area contributed by atoms with Crippen molar-refractivity contribution in [2.45, 2.75) is 6.54 Å². The van der Waals surface area contributed by atoms with Crippen molar-refractivity contribution in [1.82, 2.24) is 19.8 Å². The summed E-state index contributed by atoms with van der Waals surface area (Å²) in [6.45, 7) is 0.813. The highest BCUT2D eigenvalue weighted by molar-refractivity contribution is 5.82. The number of benzene rings is 1. The lowest BCUT2D eigenvalue weighted by Gasteiger charge is -2.19. The van der Waals surface area contributed by atoms with Gasteiger partial charge in [-0.15, -0.1) is 0 Å². The Hall–Kier alpha value is -2.90. The Morgan fingerprint density at radius 1 is 1.39 bits per heavy atom. The van der Waals surface area contributed by atoms with Gasteiger partial charge in [0.05, 0.1) is 24.0 Å². The fourth-order valence-corrected chi connectivity index (χ4v) is 2.38. The Kier molecular flexibility index (Phi) is 3.96. The van der Waals surface area contributed by atoms with Crippen LogP contribution in [0.2, 0.25) is 0 Å². The van der Waals surface area contributed by atoms with Gasteiger partial charge in [-0.25, -0.2) is 9.78 Å². The average Bonchev–Trinajstić information content (AvgIpc) is 2.92. The summed E-state index contributed by atoms with van der Waals surface area (Å²) < 4.78 is 4.78. The first kappa shape index (κ1) is 15.0. The molecule has 1 saturated heterocycles. The highest BCUT2D eigenvalue weighted by Gasteiger charge is 2.25. The van der Waals surface area contributed by atoms with Crippen LogP contribution >= 0.6 is 0 Å². The van der Waals surface area contributed by atoms with E-state index in [1.54, 1.807) is 31.3 Å². The standard InChI is InChI=1S/C15H16N4O4/c1-18(13(20)9-19-6-7-23-15(19)22)8-12-16-11-5-3-2-4-10(11)14(21)17-12/h2-5H,6-9H2,1H3,(H,16,17,21). The zero-order valence-corrected chi connectivity index (χ0v) is 12.6. The molecule has 0 radical (unpaired) electrons. The summed E-state index contributed by atoms with van der Waals surface area (Å²) >= 11 is 0. The van der Waals surface area contributed by atoms with Gasteiger partial charge in [-0.05, 0) is 12.1 Å². The summed E-state index contributed by atoms with van der Waals surface area (Å²) in [5.74, 6) is 0.146. The molecule has 0 aliphatic carbocycles. The van der Waals surface area contributed by atoms with Gasteiger partial charge in [0.15, 0.2) is 0 Å². The molecule has 0 unspecified atom stereocenters. The second-order valence-corrected chi connectivity index (χ2v) is 5.32. The molecule has 0 saturated carbocycles. The van der Waals surface area contributed by atoms with Gasteiger partial charge in [-0.1, -0.05) is 12.1 Å². The monoisotopic (exact) mass is 316 g/mol. The Balaban J connectivity index is 1.72. The SMILES string of the molecule is CN(Cc1nc2ccccc2c(=O)[nH]1)C(=O)CN1CCOC1=O. The van der Waals surface area contributed by atoms with Gasteiger partial charge >= 0.3 is 6.09 Å². The fourth-order valence-electron chi connectivity index (χ4n) is 2.38. The first-order chi connectivity index (χ1) is 11.0. The maximum absolute atomic E-state index is 12.2. The van der Waals surface area contributed by atoms with Crippen molar-refractivity contribution in [2.24, 2.45) is 0 Å². The van der Waals surface area contributed by atoms with E-state index in [4.69, 9.17) is 4.74 Å². The fraction of sp³-hybridized carbons (Fsp3) is 0.333. The smallest absolute Gasteiger partial charge is 0.410 e. The van der Waals surface area contributed by atoms with Crippen LogP contribution in [-0.4, -0.2) is 58.5 Å². The minimum absolute atomic E-state index is 0.0485. The van der Waals surface area contributed by atoms with Gasteiger partial charge in [0, 0.05) is 7.05 Å². The zero-order valence-electron chi connectivity index (χ0n) is 12.6. The highest BCUT2D eigenvalue weighted by Crippen LogP contribution is 2.08. The molecule has 1 N–H and O–H groups in total. The minimum Gasteiger partial charge on any atom is -0.448 e. The molecule has 120 valence electrons. The molecule has 2 heterocycles. The predicted octanol–water partition coefficient (Wildman–Crippen LogP) is 0.334. The van der Waals surface area contributed by atoms with Gasteiger partial charge in [0.1, 0.15) is 19.0 Å². The Morgan fingerprint density at radius 3 is 2.91 bits per heavy atom. The Morgan fingerprint density at radius 2 is 2.17 bits per heavy atom. The number of rotatable bonds is 4. The van der Waals surface area contributed by atoms with E-state index in [1.165, 1.54) is 9.80 Å². The third kappa shape index (κ3) is 3.15. The van der Waals surface area contributed by atoms with E-state index in [1.807, 2.05) is 0 Å². The average molecular weight is 316 g/mol. The van der Waals surface area contributed by atoms with Crippen LogP contribution in [-0.2, 0) is 16.1 Å². The van der Waals surface area contributed by atoms with Gasteiger partial charge in [-0.2, -0.15) is 0 Å². The van der Waals surface area contributed by atoms with Crippen LogP contribution < -0.4 is 5.56 Å². The summed E-state index contributed by atoms with van der Waals surface area (Å²) in [6, 6.07) is 7.01. The number of ether oxygens (including phenoxy) is 1. The third-order valence-electron chi connectivity index (χ3n) is 3.65. The summed E-state index contributed by atoms with van der Waals surface area (Å²) in [5, 5.41) is 0.505. The van der Waals surface area contributed by atoms with Gasteiger partial charge in [0.2, 0.25) is 5.91 Å². The molecule has 23 heavy (non-hydrogen) atoms. The molecule has 2 amide bonds. The van der Waals surface area contributed by atoms with Gasteiger partial charge in [0.25, 0.3) is 5.56 Å². The zero-order chi connectivity index (χ0) is 16.4. The molecule has 0 atom stereocenters. The quantitative estimate of drug-likeness (QED) is 0.877. The van der Waals surface area contributed by atoms with E-state index in [9.17, 15) is 14.4 Å². The number of likely N-dealkylation sites (N-methyl/N-ethyl adjacent to an activating group) is 1. The van der Waals surface area contributed by atoms with E-state index < -0.39 is 6.09 Å². The summed E-state index contributed by atoms with van der Waals surface area (Å²) in [5.41, 5.74) is 0.338. The number of H-pyrrole nitrogens is 1. The number of para-hydroxylation sites is 1. The van der Waals surface area contributed by atoms with Crippen molar-refractivity contribution in [3.05, 3.63) is 40.4 Å². The second-order valence-electron chi connectivity index (χ2n) is 5.32. The molecule has 0 spiro atoms. The van der Waals surface area contributed by atoms with Crippen LogP contribution in [0.3, 0.4) is 0 Å². The van der Waals surface area contributed by atoms with Crippen molar-refractivity contribution in [2.75, 3.05) is 26.7 Å². The normalized spacial score (nSPS) is 14.1. The maximum atomic E-state index is 12.2. The lowest BCUT2D eigenvalue weighted by atomic mass is 10.2. The van der Waals surface area contributed by atoms with Crippen molar-refractivity contribution in [3.8, 4) is 0 Å². The van der Waals surface area contributed by atoms with Gasteiger partial charge in [-0.3, -0.25) is 14.5 Å². The second kappa shape index (κ2) is 6.07. The molecular formula is C15H16N4O4. The van der Waals surface area contributed by atoms with Crippen LogP contribution in [0.15, 0.2) is 29.1 Å². The third-order valence-corrected chi connectivity index (χ3v) is 3.65. The van der Waals surface area contributed by atoms with E-state index in [-0.39, 0.29) is 24.6 Å². The number of hydrogen-bond acceptors (Lipinski definition) is 5. The Bertz CT molecular complexity index is 816. The lowest BCUT2D eigenvalue weighted by molar-refractivity contribution is -0.131. The van der Waals surface area contributed by atoms with E-state index in [2.05, 4.69) is 9.97 Å². The number of nitrogens with one attached hydrogen (secondary N) is 1. The molecular weight excluding hydrogens is 300 g/mol. The molecule has 1 aliphatic heterocycles. The van der Waals surface area contributed by atoms with Gasteiger partial charge < -0.3 is 14.6 Å². The molecule has 8 nitrogen and oxygen atoms in total. The number of hydrogen-bond donors (Lipinski definition) is 1. The molecule has 1 aromatic heterocycles. The number of nitrogens with zero attached hydrogens (tertiary/aromatic N) is 3. The number of carbonyl (C=O) groups excluding carboxylic acids is 2. The van der Waals surface area contributed by atoms with Crippen molar-refractivity contribution in [1.29, 1.82) is 0 Å². The predicted molar refractivity (Wildman–Crippen MR) is 81.8 cm³/mol. The number of cyclic esters (lactones) is 1. The topological polar surface area (TPSA) is 95.6 Å². The molecule has 1 aromatic carbocycles. The molecule has 1 fully saturated rings. The van der Waals surface area contributed by atoms with Crippen molar-refractivity contribution < 1.29 is 14.3 Å². The number of amides is 2. The summed E-state index contributed by atoms with van der Waals surface area (Å²) in [6.07, 6.45) is -0.482. The molecule has 8 heteroatoms. The molecule has 2 aromatic rings. The van der Waals surface area contributed by atoms with Crippen molar-refractivity contribution in [3.63, 3.8) is 0 Å². The number of aromatic nitrogens is 2. The molecule has 3 rings (SSSR count). The molecule has 1 aliphatic rings. The van der Waals surface area contributed by atoms with Crippen LogP contribution in [0.1, 0.15) is 5.82 Å². The largest absolute Gasteiger partial charge is 0.448 e. The Labute approximate surface area is 131 Å². The van der Waals surface area contributed by atoms with E-state index >= 15 is 0 Å². The molecule has 0 bridgehead atoms. The van der Waals surface area contributed by atoms with Crippen molar-refractivity contribution >= 4 is 22.9 Å².